The summed E-state index contributed by atoms with van der Waals surface area (Å²) in [7, 11) is 0. The number of rotatable bonds is 5. The van der Waals surface area contributed by atoms with Crippen molar-refractivity contribution in [1.82, 2.24) is 5.32 Å². The quantitative estimate of drug-likeness (QED) is 0.865. The summed E-state index contributed by atoms with van der Waals surface area (Å²) in [6.45, 7) is 8.25. The second-order valence-electron chi connectivity index (χ2n) is 5.70. The van der Waals surface area contributed by atoms with Gasteiger partial charge in [-0.1, -0.05) is 19.9 Å². The molecule has 112 valence electrons. The van der Waals surface area contributed by atoms with Crippen LogP contribution in [0.25, 0.3) is 0 Å². The molecule has 0 saturated carbocycles. The highest BCUT2D eigenvalue weighted by Crippen LogP contribution is 2.33. The van der Waals surface area contributed by atoms with Crippen LogP contribution in [0.2, 0.25) is 0 Å². The van der Waals surface area contributed by atoms with E-state index in [-0.39, 0.29) is 11.9 Å². The van der Waals surface area contributed by atoms with Gasteiger partial charge < -0.3 is 10.2 Å². The molecule has 2 unspecified atom stereocenters. The zero-order chi connectivity index (χ0) is 14.5. The van der Waals surface area contributed by atoms with Gasteiger partial charge in [-0.3, -0.25) is 0 Å². The number of halogens is 1. The Morgan fingerprint density at radius 3 is 2.85 bits per heavy atom. The van der Waals surface area contributed by atoms with Crippen molar-refractivity contribution in [2.75, 3.05) is 18.0 Å². The Balaban J connectivity index is 2.36. The third kappa shape index (κ3) is 3.14. The van der Waals surface area contributed by atoms with E-state index < -0.39 is 0 Å². The van der Waals surface area contributed by atoms with E-state index in [0.717, 1.165) is 30.8 Å². The van der Waals surface area contributed by atoms with Crippen LogP contribution >= 0.6 is 0 Å². The maximum Gasteiger partial charge on any atom is 0.130 e. The number of piperidine rings is 1. The molecule has 0 spiro atoms. The fourth-order valence-corrected chi connectivity index (χ4v) is 3.36. The number of anilines is 1. The van der Waals surface area contributed by atoms with Crippen molar-refractivity contribution in [3.05, 3.63) is 29.6 Å². The van der Waals surface area contributed by atoms with Crippen LogP contribution in [0.15, 0.2) is 18.2 Å². The van der Waals surface area contributed by atoms with Crippen molar-refractivity contribution in [2.24, 2.45) is 0 Å². The summed E-state index contributed by atoms with van der Waals surface area (Å²) in [6.07, 6.45) is 4.86. The summed E-state index contributed by atoms with van der Waals surface area (Å²) in [5, 5.41) is 3.35. The lowest BCUT2D eigenvalue weighted by molar-refractivity contribution is 0.444. The first-order valence-corrected chi connectivity index (χ1v) is 7.97. The van der Waals surface area contributed by atoms with E-state index in [1.807, 2.05) is 6.07 Å². The molecule has 1 N–H and O–H groups in total. The minimum Gasteiger partial charge on any atom is -0.368 e. The molecule has 1 heterocycles. The number of nitrogens with zero attached hydrogens (tertiary/aromatic N) is 1. The highest BCUT2D eigenvalue weighted by molar-refractivity contribution is 5.56. The van der Waals surface area contributed by atoms with Gasteiger partial charge in [-0.25, -0.2) is 4.39 Å². The summed E-state index contributed by atoms with van der Waals surface area (Å²) in [6, 6.07) is 6.11. The Morgan fingerprint density at radius 2 is 2.15 bits per heavy atom. The third-order valence-electron chi connectivity index (χ3n) is 4.38. The van der Waals surface area contributed by atoms with E-state index in [4.69, 9.17) is 0 Å². The van der Waals surface area contributed by atoms with Gasteiger partial charge in [-0.05, 0) is 51.3 Å². The first-order chi connectivity index (χ1) is 9.69. The van der Waals surface area contributed by atoms with Gasteiger partial charge in [0.05, 0.1) is 0 Å². The first-order valence-electron chi connectivity index (χ1n) is 7.97. The Bertz CT molecular complexity index is 433. The molecule has 1 aromatic rings. The van der Waals surface area contributed by atoms with Crippen molar-refractivity contribution < 1.29 is 4.39 Å². The summed E-state index contributed by atoms with van der Waals surface area (Å²) >= 11 is 0. The van der Waals surface area contributed by atoms with Crippen LogP contribution in [0.5, 0.6) is 0 Å². The summed E-state index contributed by atoms with van der Waals surface area (Å²) < 4.78 is 14.3. The maximum atomic E-state index is 14.3. The molecule has 20 heavy (non-hydrogen) atoms. The normalized spacial score (nSPS) is 21.0. The molecule has 0 amide bonds. The molecule has 1 saturated heterocycles. The topological polar surface area (TPSA) is 15.3 Å². The lowest BCUT2D eigenvalue weighted by Crippen LogP contribution is -2.40. The van der Waals surface area contributed by atoms with Crippen LogP contribution < -0.4 is 10.2 Å². The van der Waals surface area contributed by atoms with Gasteiger partial charge in [-0.15, -0.1) is 0 Å². The van der Waals surface area contributed by atoms with Gasteiger partial charge in [0.1, 0.15) is 5.82 Å². The number of benzene rings is 1. The molecule has 2 nitrogen and oxygen atoms in total. The first kappa shape index (κ1) is 15.3. The smallest absolute Gasteiger partial charge is 0.130 e. The predicted octanol–water partition coefficient (Wildman–Crippen LogP) is 4.27. The molecule has 0 aliphatic carbocycles. The van der Waals surface area contributed by atoms with E-state index in [2.05, 4.69) is 37.1 Å². The number of hydrogen-bond acceptors (Lipinski definition) is 2. The third-order valence-corrected chi connectivity index (χ3v) is 4.38. The minimum atomic E-state index is -0.0867. The van der Waals surface area contributed by atoms with Crippen LogP contribution in [0.3, 0.4) is 0 Å². The van der Waals surface area contributed by atoms with E-state index in [1.54, 1.807) is 6.07 Å². The second kappa shape index (κ2) is 7.07. The van der Waals surface area contributed by atoms with Crippen molar-refractivity contribution in [1.29, 1.82) is 0 Å². The van der Waals surface area contributed by atoms with Crippen LogP contribution in [-0.2, 0) is 0 Å². The molecule has 2 atom stereocenters. The molecule has 0 bridgehead atoms. The van der Waals surface area contributed by atoms with Crippen LogP contribution in [0, 0.1) is 5.82 Å². The van der Waals surface area contributed by atoms with E-state index in [9.17, 15) is 4.39 Å². The van der Waals surface area contributed by atoms with E-state index in [1.165, 1.54) is 19.3 Å². The van der Waals surface area contributed by atoms with Gasteiger partial charge in [0.2, 0.25) is 0 Å². The lowest BCUT2D eigenvalue weighted by Gasteiger charge is -2.39. The molecule has 0 aromatic heterocycles. The lowest BCUT2D eigenvalue weighted by atomic mass is 9.96. The average Bonchev–Trinajstić information content (AvgIpc) is 2.47. The molecule has 1 aromatic carbocycles. The fraction of sp³-hybridized carbons (Fsp3) is 0.647. The fourth-order valence-electron chi connectivity index (χ4n) is 3.36. The summed E-state index contributed by atoms with van der Waals surface area (Å²) in [4.78, 5) is 2.43. The zero-order valence-corrected chi connectivity index (χ0v) is 13.0. The van der Waals surface area contributed by atoms with Crippen molar-refractivity contribution in [3.63, 3.8) is 0 Å². The summed E-state index contributed by atoms with van der Waals surface area (Å²) in [5.74, 6) is -0.0867. The van der Waals surface area contributed by atoms with Gasteiger partial charge in [0.25, 0.3) is 0 Å². The highest BCUT2D eigenvalue weighted by atomic mass is 19.1. The number of hydrogen-bond donors (Lipinski definition) is 1. The van der Waals surface area contributed by atoms with Gasteiger partial charge in [0, 0.05) is 29.9 Å². The molecule has 1 aliphatic rings. The van der Waals surface area contributed by atoms with Crippen molar-refractivity contribution >= 4 is 5.69 Å². The second-order valence-corrected chi connectivity index (χ2v) is 5.70. The van der Waals surface area contributed by atoms with Crippen molar-refractivity contribution in [2.45, 2.75) is 58.5 Å². The largest absolute Gasteiger partial charge is 0.368 e. The Morgan fingerprint density at radius 1 is 1.35 bits per heavy atom. The Kier molecular flexibility index (Phi) is 5.41. The average molecular weight is 278 g/mol. The molecule has 0 radical (unpaired) electrons. The van der Waals surface area contributed by atoms with Gasteiger partial charge in [-0.2, -0.15) is 0 Å². The van der Waals surface area contributed by atoms with Gasteiger partial charge in [0.15, 0.2) is 0 Å². The molecule has 1 aliphatic heterocycles. The van der Waals surface area contributed by atoms with Crippen LogP contribution in [-0.4, -0.2) is 19.1 Å². The molecular formula is C17H27FN2. The molecule has 1 fully saturated rings. The van der Waals surface area contributed by atoms with Crippen LogP contribution in [0.1, 0.15) is 58.1 Å². The van der Waals surface area contributed by atoms with Crippen molar-refractivity contribution in [3.8, 4) is 0 Å². The molecule has 2 rings (SSSR count). The SMILES string of the molecule is CCNC(C)c1c(F)cccc1N1CCCCC1CC. The van der Waals surface area contributed by atoms with E-state index in [0.29, 0.717) is 6.04 Å². The standard InChI is InChI=1S/C17H27FN2/c1-4-14-9-6-7-12-20(14)16-11-8-10-15(18)17(16)13(3)19-5-2/h8,10-11,13-14,19H,4-7,9,12H2,1-3H3. The zero-order valence-electron chi connectivity index (χ0n) is 13.0. The Hall–Kier alpha value is -1.09. The number of nitrogens with one attached hydrogen (secondary N) is 1. The monoisotopic (exact) mass is 278 g/mol. The predicted molar refractivity (Wildman–Crippen MR) is 83.8 cm³/mol. The maximum absolute atomic E-state index is 14.3. The summed E-state index contributed by atoms with van der Waals surface area (Å²) in [5.41, 5.74) is 1.92. The van der Waals surface area contributed by atoms with Crippen LogP contribution in [0.4, 0.5) is 10.1 Å². The van der Waals surface area contributed by atoms with E-state index >= 15 is 0 Å². The van der Waals surface area contributed by atoms with Gasteiger partial charge >= 0.3 is 0 Å². The Labute approximate surface area is 122 Å². The molecule has 3 heteroatoms. The minimum absolute atomic E-state index is 0.0515. The molecular weight excluding hydrogens is 251 g/mol. The highest BCUT2D eigenvalue weighted by Gasteiger charge is 2.25.